The number of rotatable bonds is 6. The molecule has 0 unspecified atom stereocenters. The number of amides is 1. The van der Waals surface area contributed by atoms with Crippen molar-refractivity contribution in [1.82, 2.24) is 9.62 Å². The normalized spacial score (nSPS) is 14.3. The van der Waals surface area contributed by atoms with Crippen LogP contribution in [0.25, 0.3) is 0 Å². The Hall–Kier alpha value is -2.25. The lowest BCUT2D eigenvalue weighted by Crippen LogP contribution is -2.28. The average Bonchev–Trinajstić information content (AvgIpc) is 3.39. The fourth-order valence-electron chi connectivity index (χ4n) is 2.44. The van der Waals surface area contributed by atoms with Crippen LogP contribution in [-0.2, 0) is 16.6 Å². The van der Waals surface area contributed by atoms with Gasteiger partial charge in [-0.15, -0.1) is 0 Å². The highest BCUT2D eigenvalue weighted by Crippen LogP contribution is 2.22. The average molecular weight is 362 g/mol. The molecule has 0 bridgehead atoms. The van der Waals surface area contributed by atoms with Gasteiger partial charge in [0.05, 0.1) is 4.90 Å². The highest BCUT2D eigenvalue weighted by molar-refractivity contribution is 7.89. The van der Waals surface area contributed by atoms with Gasteiger partial charge in [-0.05, 0) is 48.7 Å². The SMILES string of the molecule is CN(Cc1ccc(F)cc1)C(=O)c1cccc(S(=O)(=O)NC2CC2)c1. The van der Waals surface area contributed by atoms with Crippen LogP contribution >= 0.6 is 0 Å². The summed E-state index contributed by atoms with van der Waals surface area (Å²) in [7, 11) is -1.98. The molecule has 0 saturated heterocycles. The largest absolute Gasteiger partial charge is 0.337 e. The smallest absolute Gasteiger partial charge is 0.253 e. The minimum Gasteiger partial charge on any atom is -0.337 e. The number of nitrogens with zero attached hydrogens (tertiary/aromatic N) is 1. The van der Waals surface area contributed by atoms with Crippen molar-refractivity contribution in [2.75, 3.05) is 7.05 Å². The summed E-state index contributed by atoms with van der Waals surface area (Å²) in [6.07, 6.45) is 1.69. The van der Waals surface area contributed by atoms with Crippen LogP contribution in [0.4, 0.5) is 4.39 Å². The Balaban J connectivity index is 1.75. The molecule has 1 amide bonds. The molecule has 0 aliphatic heterocycles. The molecule has 1 aliphatic rings. The molecule has 1 N–H and O–H groups in total. The summed E-state index contributed by atoms with van der Waals surface area (Å²) < 4.78 is 40.1. The summed E-state index contributed by atoms with van der Waals surface area (Å²) in [5.41, 5.74) is 1.08. The number of sulfonamides is 1. The molecule has 0 spiro atoms. The van der Waals surface area contributed by atoms with E-state index in [-0.39, 0.29) is 22.7 Å². The van der Waals surface area contributed by atoms with E-state index >= 15 is 0 Å². The van der Waals surface area contributed by atoms with Gasteiger partial charge in [0.25, 0.3) is 5.91 Å². The molecule has 0 heterocycles. The summed E-state index contributed by atoms with van der Waals surface area (Å²) >= 11 is 0. The fraction of sp³-hybridized carbons (Fsp3) is 0.278. The number of hydrogen-bond donors (Lipinski definition) is 1. The van der Waals surface area contributed by atoms with Crippen LogP contribution in [0.5, 0.6) is 0 Å². The van der Waals surface area contributed by atoms with E-state index in [1.54, 1.807) is 31.3 Å². The molecule has 1 saturated carbocycles. The zero-order chi connectivity index (χ0) is 18.0. The lowest BCUT2D eigenvalue weighted by atomic mass is 10.1. The van der Waals surface area contributed by atoms with Crippen LogP contribution in [0, 0.1) is 5.82 Å². The Bertz CT molecular complexity index is 877. The van der Waals surface area contributed by atoms with Gasteiger partial charge in [-0.1, -0.05) is 18.2 Å². The maximum atomic E-state index is 13.0. The Morgan fingerprint density at radius 1 is 1.20 bits per heavy atom. The molecule has 0 atom stereocenters. The van der Waals surface area contributed by atoms with Crippen molar-refractivity contribution in [3.05, 3.63) is 65.5 Å². The monoisotopic (exact) mass is 362 g/mol. The van der Waals surface area contributed by atoms with E-state index in [4.69, 9.17) is 0 Å². The zero-order valence-corrected chi connectivity index (χ0v) is 14.6. The molecule has 25 heavy (non-hydrogen) atoms. The second-order valence-corrected chi connectivity index (χ2v) is 7.93. The molecule has 0 aromatic heterocycles. The molecule has 132 valence electrons. The summed E-state index contributed by atoms with van der Waals surface area (Å²) in [6.45, 7) is 0.302. The predicted molar refractivity (Wildman–Crippen MR) is 92.0 cm³/mol. The van der Waals surface area contributed by atoms with Crippen LogP contribution in [0.15, 0.2) is 53.4 Å². The highest BCUT2D eigenvalue weighted by Gasteiger charge is 2.28. The second kappa shape index (κ2) is 6.93. The molecular weight excluding hydrogens is 343 g/mol. The van der Waals surface area contributed by atoms with E-state index in [2.05, 4.69) is 4.72 Å². The van der Waals surface area contributed by atoms with E-state index < -0.39 is 10.0 Å². The second-order valence-electron chi connectivity index (χ2n) is 6.21. The topological polar surface area (TPSA) is 66.5 Å². The summed E-state index contributed by atoms with van der Waals surface area (Å²) in [4.78, 5) is 14.1. The first-order chi connectivity index (χ1) is 11.8. The lowest BCUT2D eigenvalue weighted by Gasteiger charge is -2.18. The van der Waals surface area contributed by atoms with Gasteiger partial charge in [-0.25, -0.2) is 17.5 Å². The number of nitrogens with one attached hydrogen (secondary N) is 1. The summed E-state index contributed by atoms with van der Waals surface area (Å²) in [5.74, 6) is -0.633. The van der Waals surface area contributed by atoms with Crippen molar-refractivity contribution < 1.29 is 17.6 Å². The third-order valence-electron chi connectivity index (χ3n) is 3.97. The van der Waals surface area contributed by atoms with Gasteiger partial charge >= 0.3 is 0 Å². The standard InChI is InChI=1S/C18H19FN2O3S/c1-21(12-13-5-7-15(19)8-6-13)18(22)14-3-2-4-17(11-14)25(23,24)20-16-9-10-16/h2-8,11,16,20H,9-10,12H2,1H3. The maximum absolute atomic E-state index is 13.0. The van der Waals surface area contributed by atoms with Crippen LogP contribution in [0.2, 0.25) is 0 Å². The van der Waals surface area contributed by atoms with Crippen LogP contribution in [-0.4, -0.2) is 32.3 Å². The van der Waals surface area contributed by atoms with Gasteiger partial charge in [0, 0.05) is 25.2 Å². The van der Waals surface area contributed by atoms with Crippen molar-refractivity contribution >= 4 is 15.9 Å². The first-order valence-corrected chi connectivity index (χ1v) is 9.46. The van der Waals surface area contributed by atoms with E-state index in [0.29, 0.717) is 12.1 Å². The molecular formula is C18H19FN2O3S. The third-order valence-corrected chi connectivity index (χ3v) is 5.49. The van der Waals surface area contributed by atoms with E-state index in [9.17, 15) is 17.6 Å². The highest BCUT2D eigenvalue weighted by atomic mass is 32.2. The molecule has 5 nitrogen and oxygen atoms in total. The van der Waals surface area contributed by atoms with Gasteiger partial charge < -0.3 is 4.90 Å². The Morgan fingerprint density at radius 2 is 1.88 bits per heavy atom. The number of halogens is 1. The van der Waals surface area contributed by atoms with Crippen molar-refractivity contribution in [1.29, 1.82) is 0 Å². The minimum absolute atomic E-state index is 0.00510. The third kappa shape index (κ3) is 4.43. The van der Waals surface area contributed by atoms with Crippen molar-refractivity contribution in [3.63, 3.8) is 0 Å². The number of carbonyl (C=O) groups is 1. The fourth-order valence-corrected chi connectivity index (χ4v) is 3.79. The lowest BCUT2D eigenvalue weighted by molar-refractivity contribution is 0.0785. The van der Waals surface area contributed by atoms with E-state index in [1.807, 2.05) is 0 Å². The van der Waals surface area contributed by atoms with Gasteiger partial charge in [0.15, 0.2) is 0 Å². The van der Waals surface area contributed by atoms with Gasteiger partial charge in [-0.2, -0.15) is 0 Å². The number of benzene rings is 2. The van der Waals surface area contributed by atoms with Crippen LogP contribution < -0.4 is 4.72 Å². The van der Waals surface area contributed by atoms with Crippen molar-refractivity contribution in [2.45, 2.75) is 30.3 Å². The molecule has 3 rings (SSSR count). The van der Waals surface area contributed by atoms with Gasteiger partial charge in [0.2, 0.25) is 10.0 Å². The molecule has 2 aromatic rings. The molecule has 7 heteroatoms. The number of hydrogen-bond acceptors (Lipinski definition) is 3. The van der Waals surface area contributed by atoms with Crippen molar-refractivity contribution in [3.8, 4) is 0 Å². The van der Waals surface area contributed by atoms with Crippen LogP contribution in [0.1, 0.15) is 28.8 Å². The van der Waals surface area contributed by atoms with Gasteiger partial charge in [0.1, 0.15) is 5.82 Å². The van der Waals surface area contributed by atoms with Crippen LogP contribution in [0.3, 0.4) is 0 Å². The Morgan fingerprint density at radius 3 is 2.52 bits per heavy atom. The molecule has 1 aliphatic carbocycles. The first kappa shape index (κ1) is 17.6. The van der Waals surface area contributed by atoms with E-state index in [0.717, 1.165) is 18.4 Å². The molecule has 1 fully saturated rings. The Kier molecular flexibility index (Phi) is 4.87. The zero-order valence-electron chi connectivity index (χ0n) is 13.8. The molecule has 0 radical (unpaired) electrons. The summed E-state index contributed by atoms with van der Waals surface area (Å²) in [6, 6.07) is 11.9. The summed E-state index contributed by atoms with van der Waals surface area (Å²) in [5, 5.41) is 0. The Labute approximate surface area is 146 Å². The van der Waals surface area contributed by atoms with Crippen molar-refractivity contribution in [2.24, 2.45) is 0 Å². The minimum atomic E-state index is -3.60. The quantitative estimate of drug-likeness (QED) is 0.859. The predicted octanol–water partition coefficient (Wildman–Crippen LogP) is 2.54. The van der Waals surface area contributed by atoms with E-state index in [1.165, 1.54) is 29.2 Å². The first-order valence-electron chi connectivity index (χ1n) is 7.97. The molecule has 2 aromatic carbocycles. The van der Waals surface area contributed by atoms with Gasteiger partial charge in [-0.3, -0.25) is 4.79 Å². The maximum Gasteiger partial charge on any atom is 0.253 e. The number of carbonyl (C=O) groups excluding carboxylic acids is 1.